The van der Waals surface area contributed by atoms with E-state index in [-0.39, 0.29) is 17.9 Å². The molecule has 2 rings (SSSR count). The zero-order valence-corrected chi connectivity index (χ0v) is 12.4. The van der Waals surface area contributed by atoms with E-state index in [0.29, 0.717) is 5.56 Å². The van der Waals surface area contributed by atoms with E-state index in [4.69, 9.17) is 0 Å². The van der Waals surface area contributed by atoms with E-state index in [0.717, 1.165) is 8.95 Å². The number of hydrogen-bond donors (Lipinski definition) is 0. The minimum Gasteiger partial charge on any atom is -0.307 e. The molecule has 0 aliphatic rings. The van der Waals surface area contributed by atoms with Crippen LogP contribution in [0.5, 0.6) is 0 Å². The Labute approximate surface area is 121 Å². The molecule has 18 heavy (non-hydrogen) atoms. The Morgan fingerprint density at radius 2 is 1.89 bits per heavy atom. The van der Waals surface area contributed by atoms with Gasteiger partial charge < -0.3 is 4.57 Å². The first-order chi connectivity index (χ1) is 8.56. The highest BCUT2D eigenvalue weighted by molar-refractivity contribution is 9.10. The number of carbonyl (C=O) groups is 1. The van der Waals surface area contributed by atoms with Gasteiger partial charge in [0.1, 0.15) is 0 Å². The van der Waals surface area contributed by atoms with Crippen LogP contribution in [0.3, 0.4) is 0 Å². The number of hydrogen-bond acceptors (Lipinski definition) is 2. The predicted molar refractivity (Wildman–Crippen MR) is 76.9 cm³/mol. The average molecular weight is 371 g/mol. The summed E-state index contributed by atoms with van der Waals surface area (Å²) in [4.78, 5) is 23.6. The third kappa shape index (κ3) is 3.17. The lowest BCUT2D eigenvalue weighted by Gasteiger charge is -2.05. The number of rotatable bonds is 3. The van der Waals surface area contributed by atoms with Gasteiger partial charge in [0.05, 0.1) is 6.54 Å². The van der Waals surface area contributed by atoms with Crippen molar-refractivity contribution in [2.45, 2.75) is 6.54 Å². The normalized spacial score (nSPS) is 10.3. The topological polar surface area (TPSA) is 39.1 Å². The molecular formula is C13H9Br2NO2. The van der Waals surface area contributed by atoms with Crippen molar-refractivity contribution < 1.29 is 4.79 Å². The summed E-state index contributed by atoms with van der Waals surface area (Å²) in [6.07, 6.45) is 1.61. The number of Topliss-reactive ketones (excluding diaryl/α,β-unsaturated/α-hetero) is 1. The maximum atomic E-state index is 12.0. The van der Waals surface area contributed by atoms with Gasteiger partial charge >= 0.3 is 0 Å². The number of halogens is 2. The van der Waals surface area contributed by atoms with Crippen LogP contribution in [0.25, 0.3) is 0 Å². The van der Waals surface area contributed by atoms with E-state index < -0.39 is 0 Å². The van der Waals surface area contributed by atoms with Crippen molar-refractivity contribution >= 4 is 37.6 Å². The van der Waals surface area contributed by atoms with Crippen molar-refractivity contribution in [3.8, 4) is 0 Å². The van der Waals surface area contributed by atoms with E-state index in [2.05, 4.69) is 31.9 Å². The summed E-state index contributed by atoms with van der Waals surface area (Å²) in [6, 6.07) is 10.2. The molecule has 0 fully saturated rings. The van der Waals surface area contributed by atoms with Gasteiger partial charge in [-0.15, -0.1) is 0 Å². The Kier molecular flexibility index (Phi) is 4.14. The lowest BCUT2D eigenvalue weighted by atomic mass is 10.1. The molecule has 0 amide bonds. The van der Waals surface area contributed by atoms with Crippen molar-refractivity contribution in [1.29, 1.82) is 0 Å². The Bertz CT molecular complexity index is 649. The standard InChI is InChI=1S/C13H9Br2NO2/c14-10-3-1-2-9(6-10)12(17)8-16-7-11(15)4-5-13(16)18/h1-7H,8H2. The largest absolute Gasteiger partial charge is 0.307 e. The summed E-state index contributed by atoms with van der Waals surface area (Å²) in [5.41, 5.74) is 0.387. The average Bonchev–Trinajstić information content (AvgIpc) is 2.34. The van der Waals surface area contributed by atoms with Crippen molar-refractivity contribution in [3.05, 3.63) is 67.5 Å². The molecule has 0 aliphatic carbocycles. The van der Waals surface area contributed by atoms with Crippen LogP contribution in [-0.4, -0.2) is 10.4 Å². The lowest BCUT2D eigenvalue weighted by molar-refractivity contribution is 0.0970. The number of benzene rings is 1. The summed E-state index contributed by atoms with van der Waals surface area (Å²) < 4.78 is 2.99. The molecule has 0 N–H and O–H groups in total. The summed E-state index contributed by atoms with van der Waals surface area (Å²) in [5.74, 6) is -0.100. The number of pyridine rings is 1. The van der Waals surface area contributed by atoms with Crippen LogP contribution in [0.4, 0.5) is 0 Å². The maximum absolute atomic E-state index is 12.0. The monoisotopic (exact) mass is 369 g/mol. The molecule has 1 aromatic carbocycles. The molecule has 0 saturated heterocycles. The molecule has 0 atom stereocenters. The fourth-order valence-electron chi connectivity index (χ4n) is 1.53. The van der Waals surface area contributed by atoms with Gasteiger partial charge in [0.2, 0.25) is 0 Å². The summed E-state index contributed by atoms with van der Waals surface area (Å²) in [5, 5.41) is 0. The Hall–Kier alpha value is -1.20. The fourth-order valence-corrected chi connectivity index (χ4v) is 2.31. The molecule has 1 heterocycles. The fraction of sp³-hybridized carbons (Fsp3) is 0.0769. The first-order valence-electron chi connectivity index (χ1n) is 5.21. The van der Waals surface area contributed by atoms with E-state index in [9.17, 15) is 9.59 Å². The van der Waals surface area contributed by atoms with Crippen molar-refractivity contribution in [2.75, 3.05) is 0 Å². The SMILES string of the molecule is O=C(Cn1cc(Br)ccc1=O)c1cccc(Br)c1. The van der Waals surface area contributed by atoms with Crippen LogP contribution in [-0.2, 0) is 6.54 Å². The molecule has 2 aromatic rings. The Morgan fingerprint density at radius 1 is 1.11 bits per heavy atom. The Morgan fingerprint density at radius 3 is 2.61 bits per heavy atom. The smallest absolute Gasteiger partial charge is 0.251 e. The third-order valence-electron chi connectivity index (χ3n) is 2.41. The number of nitrogens with zero attached hydrogens (tertiary/aromatic N) is 1. The highest BCUT2D eigenvalue weighted by Crippen LogP contribution is 2.13. The first-order valence-corrected chi connectivity index (χ1v) is 6.79. The van der Waals surface area contributed by atoms with Crippen LogP contribution in [0.15, 0.2) is 56.3 Å². The van der Waals surface area contributed by atoms with Crippen molar-refractivity contribution in [2.24, 2.45) is 0 Å². The maximum Gasteiger partial charge on any atom is 0.251 e. The zero-order chi connectivity index (χ0) is 13.1. The minimum absolute atomic E-state index is 0.0364. The van der Waals surface area contributed by atoms with Gasteiger partial charge in [-0.1, -0.05) is 28.1 Å². The van der Waals surface area contributed by atoms with Crippen molar-refractivity contribution in [3.63, 3.8) is 0 Å². The molecule has 0 spiro atoms. The molecule has 0 aliphatic heterocycles. The van der Waals surface area contributed by atoms with Gasteiger partial charge in [0, 0.05) is 26.8 Å². The highest BCUT2D eigenvalue weighted by Gasteiger charge is 2.08. The van der Waals surface area contributed by atoms with Crippen LogP contribution in [0, 0.1) is 0 Å². The predicted octanol–water partition coefficient (Wildman–Crippen LogP) is 3.26. The molecule has 0 saturated carbocycles. The van der Waals surface area contributed by atoms with Crippen LogP contribution >= 0.6 is 31.9 Å². The molecule has 0 radical (unpaired) electrons. The first kappa shape index (κ1) is 13.2. The van der Waals surface area contributed by atoms with Gasteiger partial charge in [0.15, 0.2) is 5.78 Å². The Balaban J connectivity index is 2.27. The third-order valence-corrected chi connectivity index (χ3v) is 3.37. The molecule has 5 heteroatoms. The van der Waals surface area contributed by atoms with Crippen LogP contribution < -0.4 is 5.56 Å². The minimum atomic E-state index is -0.193. The van der Waals surface area contributed by atoms with Crippen LogP contribution in [0.2, 0.25) is 0 Å². The van der Waals surface area contributed by atoms with Gasteiger partial charge in [-0.05, 0) is 34.1 Å². The quantitative estimate of drug-likeness (QED) is 0.778. The highest BCUT2D eigenvalue weighted by atomic mass is 79.9. The molecule has 1 aromatic heterocycles. The second-order valence-electron chi connectivity index (χ2n) is 3.75. The number of aromatic nitrogens is 1. The zero-order valence-electron chi connectivity index (χ0n) is 9.27. The summed E-state index contributed by atoms with van der Waals surface area (Å²) >= 11 is 6.59. The van der Waals surface area contributed by atoms with Gasteiger partial charge in [-0.3, -0.25) is 9.59 Å². The summed E-state index contributed by atoms with van der Waals surface area (Å²) in [7, 11) is 0. The molecular weight excluding hydrogens is 362 g/mol. The molecule has 3 nitrogen and oxygen atoms in total. The molecule has 92 valence electrons. The van der Waals surface area contributed by atoms with Gasteiger partial charge in [0.25, 0.3) is 5.56 Å². The van der Waals surface area contributed by atoms with E-state index in [1.807, 2.05) is 6.07 Å². The van der Waals surface area contributed by atoms with Gasteiger partial charge in [-0.2, -0.15) is 0 Å². The molecule has 0 unspecified atom stereocenters. The molecule has 0 bridgehead atoms. The summed E-state index contributed by atoms with van der Waals surface area (Å²) in [6.45, 7) is 0.0364. The number of ketones is 1. The number of carbonyl (C=O) groups excluding carboxylic acids is 1. The second-order valence-corrected chi connectivity index (χ2v) is 5.58. The van der Waals surface area contributed by atoms with E-state index in [1.165, 1.54) is 10.6 Å². The van der Waals surface area contributed by atoms with Gasteiger partial charge in [-0.25, -0.2) is 0 Å². The second kappa shape index (κ2) is 5.63. The van der Waals surface area contributed by atoms with E-state index >= 15 is 0 Å². The van der Waals surface area contributed by atoms with E-state index in [1.54, 1.807) is 30.5 Å². The lowest BCUT2D eigenvalue weighted by Crippen LogP contribution is -2.22. The van der Waals surface area contributed by atoms with Crippen molar-refractivity contribution in [1.82, 2.24) is 4.57 Å². The van der Waals surface area contributed by atoms with Crippen LogP contribution in [0.1, 0.15) is 10.4 Å².